The van der Waals surface area contributed by atoms with Crippen LogP contribution in [-0.2, 0) is 4.79 Å². The first-order valence-corrected chi connectivity index (χ1v) is 8.67. The van der Waals surface area contributed by atoms with Crippen LogP contribution in [0, 0.1) is 5.92 Å². The zero-order valence-electron chi connectivity index (χ0n) is 13.9. The van der Waals surface area contributed by atoms with Gasteiger partial charge in [-0.25, -0.2) is 0 Å². The molecule has 0 saturated carbocycles. The van der Waals surface area contributed by atoms with Crippen molar-refractivity contribution in [2.24, 2.45) is 5.92 Å². The molecule has 1 aromatic rings. The van der Waals surface area contributed by atoms with E-state index in [4.69, 9.17) is 4.74 Å². The predicted molar refractivity (Wildman–Crippen MR) is 92.0 cm³/mol. The van der Waals surface area contributed by atoms with E-state index in [0.29, 0.717) is 5.92 Å². The molecular formula is C18H27N3O2. The van der Waals surface area contributed by atoms with Crippen LogP contribution < -0.4 is 20.3 Å². The lowest BCUT2D eigenvalue weighted by molar-refractivity contribution is -0.123. The van der Waals surface area contributed by atoms with Crippen LogP contribution in [0.2, 0.25) is 0 Å². The number of methoxy groups -OCH3 is 1. The van der Waals surface area contributed by atoms with Crippen molar-refractivity contribution in [2.75, 3.05) is 38.2 Å². The number of hydrogen-bond acceptors (Lipinski definition) is 4. The third-order valence-corrected chi connectivity index (χ3v) is 4.90. The lowest BCUT2D eigenvalue weighted by Gasteiger charge is -2.24. The second-order valence-electron chi connectivity index (χ2n) is 6.52. The number of piperidine rings is 1. The summed E-state index contributed by atoms with van der Waals surface area (Å²) in [6.45, 7) is 3.72. The second kappa shape index (κ2) is 7.68. The van der Waals surface area contributed by atoms with Gasteiger partial charge in [-0.2, -0.15) is 0 Å². The van der Waals surface area contributed by atoms with Crippen molar-refractivity contribution >= 4 is 11.6 Å². The van der Waals surface area contributed by atoms with E-state index >= 15 is 0 Å². The molecule has 5 nitrogen and oxygen atoms in total. The van der Waals surface area contributed by atoms with Gasteiger partial charge in [0.05, 0.1) is 18.8 Å². The molecule has 0 radical (unpaired) electrons. The lowest BCUT2D eigenvalue weighted by Crippen LogP contribution is -2.47. The number of carbonyl (C=O) groups excluding carboxylic acids is 1. The Morgan fingerprint density at radius 3 is 3.00 bits per heavy atom. The summed E-state index contributed by atoms with van der Waals surface area (Å²) < 4.78 is 5.45. The Hall–Kier alpha value is -1.75. The molecule has 0 aromatic heterocycles. The molecule has 2 heterocycles. The lowest BCUT2D eigenvalue weighted by atomic mass is 10.0. The molecule has 0 aliphatic carbocycles. The van der Waals surface area contributed by atoms with Gasteiger partial charge >= 0.3 is 0 Å². The van der Waals surface area contributed by atoms with Crippen molar-refractivity contribution in [3.8, 4) is 5.75 Å². The van der Waals surface area contributed by atoms with E-state index in [1.165, 1.54) is 6.42 Å². The van der Waals surface area contributed by atoms with Gasteiger partial charge in [-0.1, -0.05) is 18.6 Å². The molecule has 2 aliphatic heterocycles. The quantitative estimate of drug-likeness (QED) is 0.869. The normalized spacial score (nSPS) is 24.5. The molecule has 0 bridgehead atoms. The molecule has 2 N–H and O–H groups in total. The summed E-state index contributed by atoms with van der Waals surface area (Å²) in [5.41, 5.74) is 1.15. The maximum absolute atomic E-state index is 12.2. The first-order chi connectivity index (χ1) is 11.3. The molecule has 126 valence electrons. The van der Waals surface area contributed by atoms with Gasteiger partial charge in [0, 0.05) is 19.6 Å². The average molecular weight is 317 g/mol. The number of benzene rings is 1. The van der Waals surface area contributed by atoms with Crippen molar-refractivity contribution in [2.45, 2.75) is 31.7 Å². The Bertz CT molecular complexity index is 529. The highest BCUT2D eigenvalue weighted by Crippen LogP contribution is 2.31. The van der Waals surface area contributed by atoms with E-state index in [9.17, 15) is 4.79 Å². The summed E-state index contributed by atoms with van der Waals surface area (Å²) in [5, 5.41) is 6.44. The van der Waals surface area contributed by atoms with Crippen LogP contribution in [-0.4, -0.2) is 45.2 Å². The van der Waals surface area contributed by atoms with Gasteiger partial charge in [0.25, 0.3) is 0 Å². The number of amides is 1. The Labute approximate surface area is 138 Å². The maximum Gasteiger partial charge on any atom is 0.237 e. The molecule has 1 aromatic carbocycles. The average Bonchev–Trinajstić information content (AvgIpc) is 3.09. The van der Waals surface area contributed by atoms with Gasteiger partial charge in [-0.15, -0.1) is 0 Å². The van der Waals surface area contributed by atoms with Crippen LogP contribution in [0.1, 0.15) is 25.7 Å². The van der Waals surface area contributed by atoms with Crippen LogP contribution in [0.4, 0.5) is 5.69 Å². The molecule has 2 atom stereocenters. The van der Waals surface area contributed by atoms with Crippen molar-refractivity contribution in [1.29, 1.82) is 0 Å². The minimum Gasteiger partial charge on any atom is -0.495 e. The molecule has 23 heavy (non-hydrogen) atoms. The van der Waals surface area contributed by atoms with Crippen LogP contribution in [0.15, 0.2) is 24.3 Å². The fourth-order valence-corrected chi connectivity index (χ4v) is 3.55. The highest BCUT2D eigenvalue weighted by molar-refractivity contribution is 5.81. The van der Waals surface area contributed by atoms with Crippen LogP contribution in [0.5, 0.6) is 5.75 Å². The summed E-state index contributed by atoms with van der Waals surface area (Å²) in [7, 11) is 1.71. The van der Waals surface area contributed by atoms with Crippen molar-refractivity contribution in [3.63, 3.8) is 0 Å². The summed E-state index contributed by atoms with van der Waals surface area (Å²) in [6.07, 6.45) is 4.40. The number of ether oxygens (including phenoxy) is 1. The van der Waals surface area contributed by atoms with E-state index in [0.717, 1.165) is 56.9 Å². The largest absolute Gasteiger partial charge is 0.495 e. The van der Waals surface area contributed by atoms with Crippen molar-refractivity contribution in [3.05, 3.63) is 24.3 Å². The van der Waals surface area contributed by atoms with E-state index in [1.54, 1.807) is 7.11 Å². The minimum atomic E-state index is 0.00970. The smallest absolute Gasteiger partial charge is 0.237 e. The number of hydrogen-bond donors (Lipinski definition) is 2. The number of carbonyl (C=O) groups is 1. The zero-order chi connectivity index (χ0) is 16.1. The molecular weight excluding hydrogens is 290 g/mol. The summed E-state index contributed by atoms with van der Waals surface area (Å²) in [5.74, 6) is 1.59. The SMILES string of the molecule is COc1ccccc1N1CCC(CNC(=O)[C@H]2CCCCN2)C1. The number of nitrogens with zero attached hydrogens (tertiary/aromatic N) is 1. The standard InChI is InChI=1S/C18H27N3O2/c1-23-17-8-3-2-7-16(17)21-11-9-14(13-21)12-20-18(22)15-6-4-5-10-19-15/h2-3,7-8,14-15,19H,4-6,9-13H2,1H3,(H,20,22)/t14?,15-/m1/s1. The molecule has 0 spiro atoms. The van der Waals surface area contributed by atoms with E-state index < -0.39 is 0 Å². The first-order valence-electron chi connectivity index (χ1n) is 8.67. The van der Waals surface area contributed by atoms with Gasteiger partial charge in [-0.05, 0) is 43.9 Å². The van der Waals surface area contributed by atoms with Crippen LogP contribution in [0.25, 0.3) is 0 Å². The van der Waals surface area contributed by atoms with Crippen molar-refractivity contribution in [1.82, 2.24) is 10.6 Å². The van der Waals surface area contributed by atoms with Crippen LogP contribution >= 0.6 is 0 Å². The summed E-state index contributed by atoms with van der Waals surface area (Å²) in [4.78, 5) is 14.6. The topological polar surface area (TPSA) is 53.6 Å². The minimum absolute atomic E-state index is 0.00970. The van der Waals surface area contributed by atoms with Gasteiger partial charge in [0.2, 0.25) is 5.91 Å². The number of anilines is 1. The zero-order valence-corrected chi connectivity index (χ0v) is 13.9. The van der Waals surface area contributed by atoms with E-state index in [-0.39, 0.29) is 11.9 Å². The van der Waals surface area contributed by atoms with Gasteiger partial charge < -0.3 is 20.3 Å². The Kier molecular flexibility index (Phi) is 5.39. The van der Waals surface area contributed by atoms with E-state index in [2.05, 4.69) is 21.6 Å². The second-order valence-corrected chi connectivity index (χ2v) is 6.52. The number of rotatable bonds is 5. The fraction of sp³-hybridized carbons (Fsp3) is 0.611. The van der Waals surface area contributed by atoms with Gasteiger partial charge in [0.1, 0.15) is 5.75 Å². The first kappa shape index (κ1) is 16.1. The highest BCUT2D eigenvalue weighted by Gasteiger charge is 2.26. The predicted octanol–water partition coefficient (Wildman–Crippen LogP) is 1.78. The number of para-hydroxylation sites is 2. The molecule has 2 saturated heterocycles. The van der Waals surface area contributed by atoms with E-state index in [1.807, 2.05) is 18.2 Å². The monoisotopic (exact) mass is 317 g/mol. The third kappa shape index (κ3) is 3.96. The molecule has 5 heteroatoms. The summed E-state index contributed by atoms with van der Waals surface area (Å²) >= 11 is 0. The highest BCUT2D eigenvalue weighted by atomic mass is 16.5. The van der Waals surface area contributed by atoms with Crippen molar-refractivity contribution < 1.29 is 9.53 Å². The number of nitrogens with one attached hydrogen (secondary N) is 2. The van der Waals surface area contributed by atoms with Gasteiger partial charge in [0.15, 0.2) is 0 Å². The Morgan fingerprint density at radius 1 is 1.35 bits per heavy atom. The van der Waals surface area contributed by atoms with Gasteiger partial charge in [-0.3, -0.25) is 4.79 Å². The Morgan fingerprint density at radius 2 is 2.22 bits per heavy atom. The molecule has 1 unspecified atom stereocenters. The maximum atomic E-state index is 12.2. The molecule has 1 amide bonds. The molecule has 2 aliphatic rings. The molecule has 3 rings (SSSR count). The third-order valence-electron chi connectivity index (χ3n) is 4.90. The summed E-state index contributed by atoms with van der Waals surface area (Å²) in [6, 6.07) is 8.15. The van der Waals surface area contributed by atoms with Crippen LogP contribution in [0.3, 0.4) is 0 Å². The fourth-order valence-electron chi connectivity index (χ4n) is 3.55. The molecule has 2 fully saturated rings. The Balaban J connectivity index is 1.49.